The van der Waals surface area contributed by atoms with E-state index in [4.69, 9.17) is 16.3 Å². The van der Waals surface area contributed by atoms with Gasteiger partial charge in [0.1, 0.15) is 5.41 Å². The van der Waals surface area contributed by atoms with Crippen LogP contribution in [0.2, 0.25) is 0 Å². The fourth-order valence-corrected chi connectivity index (χ4v) is 2.16. The quantitative estimate of drug-likeness (QED) is 0.446. The monoisotopic (exact) mass is 257 g/mol. The number of hydrogen-bond donors (Lipinski definition) is 2. The average molecular weight is 257 g/mol. The Morgan fingerprint density at radius 2 is 2.12 bits per heavy atom. The van der Waals surface area contributed by atoms with Gasteiger partial charge in [-0.2, -0.15) is 0 Å². The number of carbonyl (C=O) groups excluding carboxylic acids is 2. The van der Waals surface area contributed by atoms with E-state index in [0.29, 0.717) is 6.42 Å². The number of rotatable bonds is 5. The lowest BCUT2D eigenvalue weighted by molar-refractivity contribution is -0.147. The highest BCUT2D eigenvalue weighted by Crippen LogP contribution is 2.37. The van der Waals surface area contributed by atoms with E-state index in [1.807, 2.05) is 6.92 Å². The minimum atomic E-state index is -2.42. The molecule has 2 N–H and O–H groups in total. The molecule has 0 aromatic heterocycles. The van der Waals surface area contributed by atoms with Gasteiger partial charge in [0.25, 0.3) is 0 Å². The molecular formula is C12H18N2O2S. The van der Waals surface area contributed by atoms with Crippen LogP contribution in [-0.2, 0) is 9.59 Å². The summed E-state index contributed by atoms with van der Waals surface area (Å²) >= 11 is 4.76. The molecule has 0 bridgehead atoms. The van der Waals surface area contributed by atoms with Gasteiger partial charge in [0.2, 0.25) is 11.8 Å². The number of carbonyl (C=O) groups is 2. The third-order valence-corrected chi connectivity index (χ3v) is 3.11. The van der Waals surface area contributed by atoms with Gasteiger partial charge >= 0.3 is 0 Å². The Labute approximate surface area is 111 Å². The summed E-state index contributed by atoms with van der Waals surface area (Å²) in [5, 5.41) is 4.62. The summed E-state index contributed by atoms with van der Waals surface area (Å²) in [7, 11) is 0. The lowest BCUT2D eigenvalue weighted by atomic mass is 9.69. The zero-order valence-electron chi connectivity index (χ0n) is 12.7. The largest absolute Gasteiger partial charge is 0.302 e. The van der Waals surface area contributed by atoms with Gasteiger partial charge in [0.15, 0.2) is 5.11 Å². The van der Waals surface area contributed by atoms with Crippen molar-refractivity contribution in [1.82, 2.24) is 10.6 Å². The van der Waals surface area contributed by atoms with Crippen molar-refractivity contribution in [3.05, 3.63) is 12.7 Å². The zero-order chi connectivity index (χ0) is 15.6. The first-order valence-electron chi connectivity index (χ1n) is 6.98. The lowest BCUT2D eigenvalue weighted by Gasteiger charge is -2.38. The topological polar surface area (TPSA) is 58.2 Å². The molecule has 0 aliphatic carbocycles. The number of allylic oxidation sites excluding steroid dienone is 1. The Morgan fingerprint density at radius 3 is 2.53 bits per heavy atom. The third kappa shape index (κ3) is 2.39. The Kier molecular flexibility index (Phi) is 3.10. The lowest BCUT2D eigenvalue weighted by Crippen LogP contribution is -2.64. The predicted octanol–water partition coefficient (Wildman–Crippen LogP) is 1.52. The van der Waals surface area contributed by atoms with E-state index in [0.717, 1.165) is 0 Å². The van der Waals surface area contributed by atoms with Gasteiger partial charge in [0, 0.05) is 4.11 Å². The molecule has 1 heterocycles. The highest BCUT2D eigenvalue weighted by Gasteiger charge is 2.51. The minimum Gasteiger partial charge on any atom is -0.302 e. The Hall–Kier alpha value is -1.23. The zero-order valence-corrected chi connectivity index (χ0v) is 10.5. The van der Waals surface area contributed by atoms with Crippen LogP contribution in [0.25, 0.3) is 0 Å². The summed E-state index contributed by atoms with van der Waals surface area (Å²) in [6.07, 6.45) is 2.13. The van der Waals surface area contributed by atoms with E-state index in [-0.39, 0.29) is 18.0 Å². The van der Waals surface area contributed by atoms with Crippen LogP contribution in [0.4, 0.5) is 0 Å². The van der Waals surface area contributed by atoms with E-state index in [1.165, 1.54) is 6.08 Å². The van der Waals surface area contributed by atoms with Gasteiger partial charge in [-0.05, 0) is 31.0 Å². The van der Waals surface area contributed by atoms with E-state index in [1.54, 1.807) is 0 Å². The molecule has 1 aliphatic heterocycles. The summed E-state index contributed by atoms with van der Waals surface area (Å²) < 4.78 is 23.0. The van der Waals surface area contributed by atoms with E-state index in [9.17, 15) is 9.59 Å². The maximum Gasteiger partial charge on any atom is 0.242 e. The van der Waals surface area contributed by atoms with E-state index >= 15 is 0 Å². The molecule has 0 spiro atoms. The Balaban J connectivity index is 3.37. The van der Waals surface area contributed by atoms with Crippen LogP contribution in [-0.4, -0.2) is 16.9 Å². The van der Waals surface area contributed by atoms with Gasteiger partial charge in [-0.15, -0.1) is 6.58 Å². The fraction of sp³-hybridized carbons (Fsp3) is 0.583. The molecule has 0 saturated carbocycles. The number of hydrogen-bond acceptors (Lipinski definition) is 3. The standard InChI is InChI=1S/C12H18N2O2S/c1-4-6-8(3)12(7-5-2)9(15)13-11(17)14-10(12)16/h5,8H,2,4,6-7H2,1,3H3,(H2,13,14,15,16,17)/i3D3. The maximum absolute atomic E-state index is 12.3. The first-order valence-corrected chi connectivity index (χ1v) is 5.88. The summed E-state index contributed by atoms with van der Waals surface area (Å²) in [5.41, 5.74) is -1.69. The van der Waals surface area contributed by atoms with E-state index in [2.05, 4.69) is 17.2 Å². The van der Waals surface area contributed by atoms with Crippen molar-refractivity contribution in [2.45, 2.75) is 33.0 Å². The van der Waals surface area contributed by atoms with Crippen LogP contribution >= 0.6 is 12.2 Å². The number of thiocarbonyl (C=S) groups is 1. The highest BCUT2D eigenvalue weighted by molar-refractivity contribution is 7.80. The number of amides is 2. The van der Waals surface area contributed by atoms with Gasteiger partial charge < -0.3 is 10.6 Å². The molecule has 0 radical (unpaired) electrons. The van der Waals surface area contributed by atoms with Crippen molar-refractivity contribution < 1.29 is 13.7 Å². The number of nitrogens with one attached hydrogen (secondary N) is 2. The van der Waals surface area contributed by atoms with Crippen molar-refractivity contribution in [3.8, 4) is 0 Å². The SMILES string of the molecule is [2H]C([2H])([2H])C(CCC)C1(CC=C)C(=O)NC(=S)NC1=O. The second kappa shape index (κ2) is 5.40. The highest BCUT2D eigenvalue weighted by atomic mass is 32.1. The first-order chi connectivity index (χ1) is 9.20. The van der Waals surface area contributed by atoms with Crippen LogP contribution in [0.5, 0.6) is 0 Å². The summed E-state index contributed by atoms with van der Waals surface area (Å²) in [6.45, 7) is 2.92. The molecular weight excluding hydrogens is 236 g/mol. The second-order valence-corrected chi connectivity index (χ2v) is 4.45. The molecule has 0 aromatic carbocycles. The van der Waals surface area contributed by atoms with Crippen LogP contribution in [0.3, 0.4) is 0 Å². The van der Waals surface area contributed by atoms with Crippen molar-refractivity contribution in [1.29, 1.82) is 0 Å². The molecule has 1 fully saturated rings. The molecule has 5 heteroatoms. The molecule has 1 rings (SSSR count). The minimum absolute atomic E-state index is 0.0453. The first kappa shape index (κ1) is 9.76. The summed E-state index contributed by atoms with van der Waals surface area (Å²) in [4.78, 5) is 24.7. The molecule has 94 valence electrons. The van der Waals surface area contributed by atoms with Crippen molar-refractivity contribution in [3.63, 3.8) is 0 Å². The smallest absolute Gasteiger partial charge is 0.242 e. The van der Waals surface area contributed by atoms with Crippen molar-refractivity contribution >= 4 is 29.1 Å². The molecule has 1 unspecified atom stereocenters. The molecule has 1 atom stereocenters. The van der Waals surface area contributed by atoms with Crippen LogP contribution in [0, 0.1) is 11.3 Å². The van der Waals surface area contributed by atoms with Crippen LogP contribution in [0.15, 0.2) is 12.7 Å². The van der Waals surface area contributed by atoms with Gasteiger partial charge in [0.05, 0.1) is 0 Å². The van der Waals surface area contributed by atoms with Gasteiger partial charge in [-0.3, -0.25) is 9.59 Å². The van der Waals surface area contributed by atoms with Crippen molar-refractivity contribution in [2.24, 2.45) is 11.3 Å². The van der Waals surface area contributed by atoms with Crippen LogP contribution in [0.1, 0.15) is 37.2 Å². The van der Waals surface area contributed by atoms with E-state index < -0.39 is 30.0 Å². The van der Waals surface area contributed by atoms with Crippen LogP contribution < -0.4 is 10.6 Å². The second-order valence-electron chi connectivity index (χ2n) is 4.04. The maximum atomic E-state index is 12.3. The predicted molar refractivity (Wildman–Crippen MR) is 70.2 cm³/mol. The third-order valence-electron chi connectivity index (χ3n) is 2.90. The molecule has 1 saturated heterocycles. The van der Waals surface area contributed by atoms with Gasteiger partial charge in [-0.1, -0.05) is 26.3 Å². The molecule has 1 aliphatic rings. The van der Waals surface area contributed by atoms with Crippen molar-refractivity contribution in [2.75, 3.05) is 0 Å². The fourth-order valence-electron chi connectivity index (χ4n) is 1.97. The normalized spacial score (nSPS) is 23.8. The Bertz CT molecular complexity index is 428. The molecule has 0 aromatic rings. The summed E-state index contributed by atoms with van der Waals surface area (Å²) in [5.74, 6) is -2.41. The molecule has 17 heavy (non-hydrogen) atoms. The molecule has 4 nitrogen and oxygen atoms in total. The van der Waals surface area contributed by atoms with Gasteiger partial charge in [-0.25, -0.2) is 0 Å². The Morgan fingerprint density at radius 1 is 1.53 bits per heavy atom. The average Bonchev–Trinajstić information content (AvgIpc) is 2.30. The molecule has 2 amide bonds. The summed E-state index contributed by atoms with van der Waals surface area (Å²) in [6, 6.07) is 0.